The maximum Gasteiger partial charge on any atom is 0.397 e. The average molecular weight is 1150 g/mol. The Morgan fingerprint density at radius 2 is 0.886 bits per heavy atom. The predicted octanol–water partition coefficient (Wildman–Crippen LogP) is 11.4. The van der Waals surface area contributed by atoms with E-state index in [4.69, 9.17) is 23.7 Å². The number of esters is 2. The van der Waals surface area contributed by atoms with Crippen LogP contribution in [0.1, 0.15) is 267 Å². The molecule has 2 heterocycles. The van der Waals surface area contributed by atoms with Gasteiger partial charge < -0.3 is 54.3 Å². The van der Waals surface area contributed by atoms with Crippen molar-refractivity contribution in [1.82, 2.24) is 0 Å². The molecule has 2 rings (SSSR count). The second-order valence-corrected chi connectivity index (χ2v) is 25.4. The van der Waals surface area contributed by atoms with Crippen molar-refractivity contribution in [1.29, 1.82) is 0 Å². The van der Waals surface area contributed by atoms with Crippen molar-refractivity contribution in [2.75, 3.05) is 13.2 Å². The molecule has 79 heavy (non-hydrogen) atoms. The van der Waals surface area contributed by atoms with Crippen LogP contribution >= 0.6 is 0 Å². The zero-order valence-corrected chi connectivity index (χ0v) is 51.1. The van der Waals surface area contributed by atoms with Crippen molar-refractivity contribution < 1.29 is 81.1 Å². The molecule has 2 saturated heterocycles. The van der Waals surface area contributed by atoms with E-state index in [0.717, 1.165) is 70.6 Å². The van der Waals surface area contributed by atoms with Crippen LogP contribution in [-0.4, -0.2) is 136 Å². The van der Waals surface area contributed by atoms with Gasteiger partial charge in [0.2, 0.25) is 6.29 Å². The summed E-state index contributed by atoms with van der Waals surface area (Å²) in [4.78, 5) is 27.6. The summed E-state index contributed by atoms with van der Waals surface area (Å²) in [5.41, 5.74) is 0. The molecule has 0 bridgehead atoms. The number of carbonyl (C=O) groups is 2. The van der Waals surface area contributed by atoms with Gasteiger partial charge in [-0.15, -0.1) is 0 Å². The van der Waals surface area contributed by atoms with Gasteiger partial charge in [-0.1, -0.05) is 222 Å². The molecule has 0 radical (unpaired) electrons. The molecule has 0 amide bonds. The lowest BCUT2D eigenvalue weighted by Crippen LogP contribution is -2.65. The molecule has 2 aliphatic rings. The Bertz CT molecular complexity index is 1640. The summed E-state index contributed by atoms with van der Waals surface area (Å²) < 4.78 is 67.2. The van der Waals surface area contributed by atoms with Crippen molar-refractivity contribution in [2.45, 2.75) is 334 Å². The minimum absolute atomic E-state index is 0.0582. The highest BCUT2D eigenvalue weighted by atomic mass is 32.3. The molecule has 2 fully saturated rings. The van der Waals surface area contributed by atoms with E-state index in [-0.39, 0.29) is 24.4 Å². The van der Waals surface area contributed by atoms with Crippen LogP contribution in [0.5, 0.6) is 0 Å². The van der Waals surface area contributed by atoms with E-state index in [9.17, 15) is 53.2 Å². The summed E-state index contributed by atoms with van der Waals surface area (Å²) in [6, 6.07) is 0. The topological polar surface area (TPSA) is 265 Å². The predicted molar refractivity (Wildman–Crippen MR) is 307 cm³/mol. The van der Waals surface area contributed by atoms with Gasteiger partial charge in [-0.2, -0.15) is 8.42 Å². The molecule has 0 aromatic rings. The Balaban J connectivity index is 2.01. The quantitative estimate of drug-likeness (QED) is 0.0170. The van der Waals surface area contributed by atoms with Crippen LogP contribution in [0.3, 0.4) is 0 Å². The number of hydrogen-bond donors (Lipinski definition) is 7. The third kappa shape index (κ3) is 31.8. The molecule has 16 atom stereocenters. The molecular weight excluding hydrogens is 1040 g/mol. The number of aliphatic hydroxyl groups excluding tert-OH is 6. The van der Waals surface area contributed by atoms with Gasteiger partial charge in [0.15, 0.2) is 24.6 Å². The Labute approximate surface area is 478 Å². The second-order valence-electron chi connectivity index (χ2n) is 24.3. The van der Waals surface area contributed by atoms with Crippen molar-refractivity contribution in [3.63, 3.8) is 0 Å². The van der Waals surface area contributed by atoms with E-state index in [1.165, 1.54) is 128 Å². The number of aliphatic hydroxyl groups is 6. The number of unbranched alkanes of at least 4 members (excludes halogenated alkanes) is 26. The fourth-order valence-electron chi connectivity index (χ4n) is 11.9. The molecule has 0 saturated carbocycles. The molecule has 18 heteroatoms. The van der Waals surface area contributed by atoms with Crippen LogP contribution in [0, 0.1) is 29.6 Å². The zero-order chi connectivity index (χ0) is 58.6. The van der Waals surface area contributed by atoms with E-state index in [0.29, 0.717) is 24.7 Å². The minimum atomic E-state index is -5.32. The fourth-order valence-corrected chi connectivity index (χ4v) is 12.3. The van der Waals surface area contributed by atoms with Crippen molar-refractivity contribution in [2.24, 2.45) is 29.6 Å². The molecule has 0 spiro atoms. The van der Waals surface area contributed by atoms with Crippen LogP contribution in [0.4, 0.5) is 0 Å². The Morgan fingerprint density at radius 1 is 0.494 bits per heavy atom. The third-order valence-electron chi connectivity index (χ3n) is 16.4. The first-order chi connectivity index (χ1) is 37.8. The minimum Gasteiger partial charge on any atom is -0.455 e. The van der Waals surface area contributed by atoms with E-state index < -0.39 is 103 Å². The van der Waals surface area contributed by atoms with Gasteiger partial charge in [-0.25, -0.2) is 4.18 Å². The first-order valence-electron chi connectivity index (χ1n) is 31.7. The number of ether oxygens (including phenoxy) is 5. The molecule has 0 aliphatic carbocycles. The second kappa shape index (κ2) is 43.1. The number of rotatable bonds is 48. The van der Waals surface area contributed by atoms with Gasteiger partial charge in [0, 0.05) is 6.42 Å². The molecule has 16 unspecified atom stereocenters. The standard InChI is InChI=1S/C61H116O17S/c1-8-10-12-14-16-18-20-22-23-25-27-29-31-33-35-37-52(65)75-58-56(54(67)51(43-63)74-61(58)77-60-57(78-79(70,71)72)55(68)53(66)50(42-62)73-60)76-59(69)48(7)41-46(5)39-44(3)38-45(4)40-47(6)49(64)36-34-32-30-28-26-24-21-19-17-15-13-11-9-2/h44-51,53-58,60-64,66-68H,8-43H2,1-7H3,(H,70,71,72). The molecule has 0 aromatic heterocycles. The Morgan fingerprint density at radius 3 is 1.33 bits per heavy atom. The summed E-state index contributed by atoms with van der Waals surface area (Å²) >= 11 is 0. The summed E-state index contributed by atoms with van der Waals surface area (Å²) in [7, 11) is -5.32. The van der Waals surface area contributed by atoms with Gasteiger partial charge in [-0.3, -0.25) is 14.1 Å². The summed E-state index contributed by atoms with van der Waals surface area (Å²) in [5, 5.41) is 64.2. The van der Waals surface area contributed by atoms with Crippen LogP contribution in [0.25, 0.3) is 0 Å². The van der Waals surface area contributed by atoms with Crippen LogP contribution in [-0.2, 0) is 47.9 Å². The average Bonchev–Trinajstić information content (AvgIpc) is 3.44. The number of carbonyl (C=O) groups excluding carboxylic acids is 2. The molecule has 17 nitrogen and oxygen atoms in total. The Kier molecular flexibility index (Phi) is 40.2. The smallest absolute Gasteiger partial charge is 0.397 e. The lowest BCUT2D eigenvalue weighted by molar-refractivity contribution is -0.374. The molecule has 7 N–H and O–H groups in total. The molecule has 0 aromatic carbocycles. The lowest BCUT2D eigenvalue weighted by atomic mass is 9.82. The largest absolute Gasteiger partial charge is 0.455 e. The highest BCUT2D eigenvalue weighted by Gasteiger charge is 2.54. The van der Waals surface area contributed by atoms with Gasteiger partial charge in [0.1, 0.15) is 30.5 Å². The molecular formula is C61H116O17S. The van der Waals surface area contributed by atoms with Gasteiger partial charge in [-0.05, 0) is 62.2 Å². The Hall–Kier alpha value is -1.55. The van der Waals surface area contributed by atoms with Crippen molar-refractivity contribution in [3.8, 4) is 0 Å². The summed E-state index contributed by atoms with van der Waals surface area (Å²) in [5.74, 6) is -1.20. The van der Waals surface area contributed by atoms with E-state index in [1.807, 2.05) is 0 Å². The summed E-state index contributed by atoms with van der Waals surface area (Å²) in [6.07, 6.45) is 19.0. The van der Waals surface area contributed by atoms with Gasteiger partial charge in [0.25, 0.3) is 0 Å². The highest BCUT2D eigenvalue weighted by molar-refractivity contribution is 7.80. The monoisotopic (exact) mass is 1150 g/mol. The lowest BCUT2D eigenvalue weighted by Gasteiger charge is -2.46. The molecule has 468 valence electrons. The van der Waals surface area contributed by atoms with Crippen LogP contribution in [0.2, 0.25) is 0 Å². The third-order valence-corrected chi connectivity index (χ3v) is 16.9. The fraction of sp³-hybridized carbons (Fsp3) is 0.967. The number of hydrogen-bond acceptors (Lipinski definition) is 16. The van der Waals surface area contributed by atoms with Crippen LogP contribution in [0.15, 0.2) is 0 Å². The first-order valence-corrected chi connectivity index (χ1v) is 33.1. The highest BCUT2D eigenvalue weighted by Crippen LogP contribution is 2.35. The van der Waals surface area contributed by atoms with Crippen LogP contribution < -0.4 is 0 Å². The SMILES string of the molecule is CCCCCCCCCCCCCCCCCC(=O)OC1C(OC2OC(CO)C(O)C(O)C2OS(=O)(=O)O)OC(CO)C(O)C1OC(=O)C(C)CC(C)CC(C)CC(C)CC(C)C(O)CCCCCCCCCCCCCCC. The maximum atomic E-state index is 14.0. The summed E-state index contributed by atoms with van der Waals surface area (Å²) in [6.45, 7) is 13.1. The van der Waals surface area contributed by atoms with Gasteiger partial charge >= 0.3 is 22.3 Å². The van der Waals surface area contributed by atoms with E-state index >= 15 is 0 Å². The van der Waals surface area contributed by atoms with Gasteiger partial charge in [0.05, 0.1) is 25.2 Å². The van der Waals surface area contributed by atoms with E-state index in [2.05, 4.69) is 45.7 Å². The first kappa shape index (κ1) is 73.6. The molecule has 2 aliphatic heterocycles. The normalized spacial score (nSPS) is 26.1. The van der Waals surface area contributed by atoms with Crippen molar-refractivity contribution >= 4 is 22.3 Å². The van der Waals surface area contributed by atoms with E-state index in [1.54, 1.807) is 6.92 Å². The maximum absolute atomic E-state index is 14.0. The zero-order valence-electron chi connectivity index (χ0n) is 50.3. The van der Waals surface area contributed by atoms with Crippen molar-refractivity contribution in [3.05, 3.63) is 0 Å².